The Morgan fingerprint density at radius 3 is 2.46 bits per heavy atom. The fraction of sp³-hybridized carbons (Fsp3) is 0.684. The van der Waals surface area contributed by atoms with Gasteiger partial charge >= 0.3 is 12.0 Å². The van der Waals surface area contributed by atoms with Crippen LogP contribution in [0.5, 0.6) is 0 Å². The van der Waals surface area contributed by atoms with Gasteiger partial charge in [0.05, 0.1) is 6.04 Å². The Morgan fingerprint density at radius 1 is 1.15 bits per heavy atom. The van der Waals surface area contributed by atoms with Crippen LogP contribution in [0.25, 0.3) is 0 Å². The molecule has 3 rings (SSSR count). The Labute approximate surface area is 155 Å². The second-order valence-electron chi connectivity index (χ2n) is 7.57. The lowest BCUT2D eigenvalue weighted by molar-refractivity contribution is -0.683. The average molecular weight is 360 g/mol. The van der Waals surface area contributed by atoms with Gasteiger partial charge in [-0.3, -0.25) is 14.6 Å². The maximum atomic E-state index is 13.2. The van der Waals surface area contributed by atoms with Gasteiger partial charge in [-0.1, -0.05) is 31.2 Å². The number of nitrogens with zero attached hydrogens (tertiary/aromatic N) is 5. The van der Waals surface area contributed by atoms with Gasteiger partial charge < -0.3 is 0 Å². The first-order chi connectivity index (χ1) is 12.3. The number of hydrogen-bond donors (Lipinski definition) is 0. The number of aliphatic imine (C=N–C) groups is 1. The van der Waals surface area contributed by atoms with E-state index in [2.05, 4.69) is 32.3 Å². The van der Waals surface area contributed by atoms with E-state index in [0.717, 1.165) is 43.0 Å². The fourth-order valence-corrected chi connectivity index (χ4v) is 3.98. The van der Waals surface area contributed by atoms with E-state index in [-0.39, 0.29) is 18.0 Å². The zero-order valence-corrected chi connectivity index (χ0v) is 16.7. The van der Waals surface area contributed by atoms with Crippen molar-refractivity contribution in [3.8, 4) is 0 Å². The molecular formula is C19H30N5O2+. The van der Waals surface area contributed by atoms with Crippen molar-refractivity contribution in [1.29, 1.82) is 0 Å². The first-order valence-corrected chi connectivity index (χ1v) is 9.61. The molecule has 0 spiro atoms. The first-order valence-electron chi connectivity index (χ1n) is 9.61. The molecule has 0 bridgehead atoms. The summed E-state index contributed by atoms with van der Waals surface area (Å²) in [6, 6.07) is -0.564. The summed E-state index contributed by atoms with van der Waals surface area (Å²) in [5.41, 5.74) is 2.14. The van der Waals surface area contributed by atoms with E-state index in [9.17, 15) is 9.59 Å². The molecule has 0 aliphatic carbocycles. The van der Waals surface area contributed by atoms with Gasteiger partial charge in [0.25, 0.3) is 5.91 Å². The lowest BCUT2D eigenvalue weighted by Gasteiger charge is -2.33. The minimum absolute atomic E-state index is 0.156. The third-order valence-corrected chi connectivity index (χ3v) is 5.51. The number of rotatable bonds is 6. The highest BCUT2D eigenvalue weighted by atomic mass is 16.2. The number of amides is 3. The number of unbranched alkanes of at least 4 members (excludes halogenated alkanes) is 3. The van der Waals surface area contributed by atoms with E-state index in [1.54, 1.807) is 11.9 Å². The van der Waals surface area contributed by atoms with E-state index in [1.165, 1.54) is 4.90 Å². The topological polar surface area (TPSA) is 61.8 Å². The van der Waals surface area contributed by atoms with Crippen molar-refractivity contribution in [2.45, 2.75) is 72.4 Å². The van der Waals surface area contributed by atoms with Crippen molar-refractivity contribution in [2.75, 3.05) is 13.6 Å². The maximum Gasteiger partial charge on any atom is 0.402 e. The normalized spacial score (nSPS) is 19.3. The van der Waals surface area contributed by atoms with Crippen molar-refractivity contribution in [2.24, 2.45) is 4.99 Å². The Morgan fingerprint density at radius 2 is 1.85 bits per heavy atom. The van der Waals surface area contributed by atoms with Crippen LogP contribution in [-0.2, 0) is 4.79 Å². The molecule has 1 unspecified atom stereocenters. The maximum absolute atomic E-state index is 13.2. The van der Waals surface area contributed by atoms with Crippen LogP contribution >= 0.6 is 0 Å². The van der Waals surface area contributed by atoms with Gasteiger partial charge in [0, 0.05) is 13.6 Å². The summed E-state index contributed by atoms with van der Waals surface area (Å²) in [5, 5.41) is 0. The molecule has 2 aliphatic rings. The van der Waals surface area contributed by atoms with Crippen LogP contribution in [0, 0.1) is 13.8 Å². The molecule has 142 valence electrons. The highest BCUT2D eigenvalue weighted by Crippen LogP contribution is 2.32. The molecule has 1 aromatic rings. The van der Waals surface area contributed by atoms with E-state index in [4.69, 9.17) is 4.99 Å². The number of carbonyl (C=O) groups excluding carboxylic acids is 2. The minimum atomic E-state index is -0.530. The second-order valence-corrected chi connectivity index (χ2v) is 7.57. The summed E-state index contributed by atoms with van der Waals surface area (Å²) < 4.78 is 4.13. The van der Waals surface area contributed by atoms with Gasteiger partial charge in [-0.05, 0) is 34.1 Å². The highest BCUT2D eigenvalue weighted by Gasteiger charge is 2.54. The number of urea groups is 1. The molecule has 3 amide bonds. The average Bonchev–Trinajstić information content (AvgIpc) is 3.08. The van der Waals surface area contributed by atoms with Crippen LogP contribution in [0.2, 0.25) is 0 Å². The molecule has 0 saturated carbocycles. The standard InChI is InChI=1S/C19H30N5O2/c1-7-8-9-10-11-22-17(25)15-16(21(6)19(22)26)20-18-23(12(2)3)13(4)14(5)24(15)18/h12,15H,7-11H2,1-6H3/q+1. The van der Waals surface area contributed by atoms with E-state index < -0.39 is 6.04 Å². The van der Waals surface area contributed by atoms with Crippen LogP contribution in [0.4, 0.5) is 10.7 Å². The third-order valence-electron chi connectivity index (χ3n) is 5.51. The van der Waals surface area contributed by atoms with E-state index in [1.807, 2.05) is 11.5 Å². The molecule has 1 atom stereocenters. The molecule has 0 radical (unpaired) electrons. The van der Waals surface area contributed by atoms with Crippen molar-refractivity contribution in [1.82, 2.24) is 14.4 Å². The predicted molar refractivity (Wildman–Crippen MR) is 99.6 cm³/mol. The first kappa shape index (κ1) is 18.6. The van der Waals surface area contributed by atoms with E-state index in [0.29, 0.717) is 12.4 Å². The number of amidine groups is 1. The number of fused-ring (bicyclic) bond motifs is 3. The number of hydrogen-bond acceptors (Lipinski definition) is 3. The van der Waals surface area contributed by atoms with Crippen LogP contribution in [-0.4, -0.2) is 45.7 Å². The Balaban J connectivity index is 1.98. The minimum Gasteiger partial charge on any atom is -0.270 e. The zero-order valence-electron chi connectivity index (χ0n) is 16.7. The predicted octanol–water partition coefficient (Wildman–Crippen LogP) is 3.03. The largest absolute Gasteiger partial charge is 0.402 e. The summed E-state index contributed by atoms with van der Waals surface area (Å²) in [4.78, 5) is 33.6. The monoisotopic (exact) mass is 360 g/mol. The second kappa shape index (κ2) is 6.85. The number of imidazole rings is 1. The summed E-state index contributed by atoms with van der Waals surface area (Å²) in [5.74, 6) is 1.14. The van der Waals surface area contributed by atoms with Crippen molar-refractivity contribution in [3.05, 3.63) is 11.4 Å². The molecule has 1 saturated heterocycles. The van der Waals surface area contributed by atoms with Crippen molar-refractivity contribution < 1.29 is 14.2 Å². The van der Waals surface area contributed by atoms with Crippen LogP contribution < -0.4 is 4.57 Å². The van der Waals surface area contributed by atoms with Crippen LogP contribution in [0.15, 0.2) is 4.99 Å². The molecule has 7 nitrogen and oxygen atoms in total. The molecule has 7 heteroatoms. The number of aromatic nitrogens is 2. The zero-order chi connectivity index (χ0) is 19.2. The Hall–Kier alpha value is -2.18. The molecule has 1 aromatic heterocycles. The molecule has 2 aliphatic heterocycles. The van der Waals surface area contributed by atoms with Crippen molar-refractivity contribution >= 4 is 23.7 Å². The third kappa shape index (κ3) is 2.64. The van der Waals surface area contributed by atoms with Gasteiger partial charge in [0.15, 0.2) is 0 Å². The van der Waals surface area contributed by atoms with Gasteiger partial charge in [0.1, 0.15) is 11.4 Å². The quantitative estimate of drug-likeness (QED) is 0.578. The van der Waals surface area contributed by atoms with Gasteiger partial charge in [-0.15, -0.1) is 0 Å². The van der Waals surface area contributed by atoms with Crippen molar-refractivity contribution in [3.63, 3.8) is 0 Å². The highest BCUT2D eigenvalue weighted by molar-refractivity contribution is 6.19. The summed E-state index contributed by atoms with van der Waals surface area (Å²) in [6.45, 7) is 10.9. The molecule has 1 fully saturated rings. The number of likely N-dealkylation sites (N-methyl/N-ethyl adjacent to an activating group) is 1. The fourth-order valence-electron chi connectivity index (χ4n) is 3.98. The SMILES string of the molecule is CCCCCCN1C(=O)C2C(=Nc3n(C(C)C)c(C)c(C)[n+]32)N(C)C1=O. The molecule has 26 heavy (non-hydrogen) atoms. The Bertz CT molecular complexity index is 777. The molecule has 3 heterocycles. The van der Waals surface area contributed by atoms with Crippen LogP contribution in [0.1, 0.15) is 69.9 Å². The molecule has 0 aromatic carbocycles. The van der Waals surface area contributed by atoms with E-state index >= 15 is 0 Å². The van der Waals surface area contributed by atoms with Crippen LogP contribution in [0.3, 0.4) is 0 Å². The molecule has 0 N–H and O–H groups in total. The van der Waals surface area contributed by atoms with Gasteiger partial charge in [-0.25, -0.2) is 13.9 Å². The van der Waals surface area contributed by atoms with Gasteiger partial charge in [-0.2, -0.15) is 0 Å². The lowest BCUT2D eigenvalue weighted by atomic mass is 10.1. The number of carbonyl (C=O) groups is 2. The Kier molecular flexibility index (Phi) is 4.90. The smallest absolute Gasteiger partial charge is 0.270 e. The summed E-state index contributed by atoms with van der Waals surface area (Å²) in [7, 11) is 1.72. The molecular weight excluding hydrogens is 330 g/mol. The summed E-state index contributed by atoms with van der Waals surface area (Å²) in [6.07, 6.45) is 4.13. The van der Waals surface area contributed by atoms with Gasteiger partial charge in [0.2, 0.25) is 11.9 Å². The lowest BCUT2D eigenvalue weighted by Crippen LogP contribution is -2.63. The number of imide groups is 1. The summed E-state index contributed by atoms with van der Waals surface area (Å²) >= 11 is 0.